The first kappa shape index (κ1) is 18.0. The molecular weight excluding hydrogens is 340 g/mol. The number of carboxylic acid groups (broad SMARTS) is 1. The Labute approximate surface area is 151 Å². The van der Waals surface area contributed by atoms with E-state index < -0.39 is 18.0 Å². The van der Waals surface area contributed by atoms with Crippen LogP contribution >= 0.6 is 11.8 Å². The van der Waals surface area contributed by atoms with Crippen molar-refractivity contribution in [3.05, 3.63) is 41.1 Å². The Morgan fingerprint density at radius 1 is 1.40 bits per heavy atom. The molecule has 134 valence electrons. The van der Waals surface area contributed by atoms with Crippen molar-refractivity contribution in [3.8, 4) is 0 Å². The fourth-order valence-corrected chi connectivity index (χ4v) is 4.94. The van der Waals surface area contributed by atoms with Crippen molar-refractivity contribution in [2.75, 3.05) is 21.1 Å². The molecule has 1 fully saturated rings. The van der Waals surface area contributed by atoms with Gasteiger partial charge in [-0.1, -0.05) is 30.0 Å². The second kappa shape index (κ2) is 6.16. The largest absolute Gasteiger partial charge is 0.543 e. The standard InChI is InChI=1S/C18H22N2O4S/c1-10(21)13-16(22)19-14(18(23)24)15(25-17(13)19)12-7-5-6-11(8-12)9-20(2,3)4/h5-8,10,13,17,21H,9H2,1-4H3/t10-,13+,17-/m1/s1. The molecule has 1 saturated heterocycles. The predicted octanol–water partition coefficient (Wildman–Crippen LogP) is 0.223. The van der Waals surface area contributed by atoms with Gasteiger partial charge in [0.2, 0.25) is 5.91 Å². The zero-order valence-corrected chi connectivity index (χ0v) is 15.5. The molecule has 0 saturated carbocycles. The Morgan fingerprint density at radius 3 is 2.64 bits per heavy atom. The van der Waals surface area contributed by atoms with E-state index in [0.717, 1.165) is 22.2 Å². The van der Waals surface area contributed by atoms with E-state index in [2.05, 4.69) is 21.1 Å². The van der Waals surface area contributed by atoms with Gasteiger partial charge in [0.25, 0.3) is 0 Å². The van der Waals surface area contributed by atoms with E-state index >= 15 is 0 Å². The number of aliphatic hydroxyl groups excluding tert-OH is 1. The summed E-state index contributed by atoms with van der Waals surface area (Å²) in [7, 11) is 6.25. The number of hydrogen-bond donors (Lipinski definition) is 1. The highest BCUT2D eigenvalue weighted by Gasteiger charge is 2.56. The second-order valence-corrected chi connectivity index (χ2v) is 8.72. The number of carbonyl (C=O) groups excluding carboxylic acids is 2. The maximum Gasteiger partial charge on any atom is 0.236 e. The Hall–Kier alpha value is -1.83. The summed E-state index contributed by atoms with van der Waals surface area (Å²) in [6.07, 6.45) is -0.812. The van der Waals surface area contributed by atoms with Crippen LogP contribution in [0.3, 0.4) is 0 Å². The van der Waals surface area contributed by atoms with Crippen molar-refractivity contribution in [2.24, 2.45) is 5.92 Å². The third-order valence-corrected chi connectivity index (χ3v) is 5.75. The first-order valence-electron chi connectivity index (χ1n) is 8.13. The van der Waals surface area contributed by atoms with Crippen LogP contribution < -0.4 is 5.11 Å². The molecule has 2 aliphatic heterocycles. The summed E-state index contributed by atoms with van der Waals surface area (Å²) in [4.78, 5) is 25.7. The quantitative estimate of drug-likeness (QED) is 0.599. The molecule has 0 aromatic heterocycles. The highest BCUT2D eigenvalue weighted by atomic mass is 32.2. The number of nitrogens with zero attached hydrogens (tertiary/aromatic N) is 2. The number of aliphatic carboxylic acids is 1. The molecule has 1 amide bonds. The average Bonchev–Trinajstić information content (AvgIpc) is 2.80. The second-order valence-electron chi connectivity index (χ2n) is 7.60. The summed E-state index contributed by atoms with van der Waals surface area (Å²) in [5.74, 6) is -2.30. The van der Waals surface area contributed by atoms with Crippen molar-refractivity contribution >= 4 is 28.5 Å². The average molecular weight is 362 g/mol. The lowest BCUT2D eigenvalue weighted by atomic mass is 9.92. The third kappa shape index (κ3) is 3.19. The zero-order chi connectivity index (χ0) is 18.5. The fraction of sp³-hybridized carbons (Fsp3) is 0.444. The molecule has 25 heavy (non-hydrogen) atoms. The molecule has 1 aromatic rings. The fourth-order valence-electron chi connectivity index (χ4n) is 3.33. The van der Waals surface area contributed by atoms with Gasteiger partial charge >= 0.3 is 0 Å². The molecule has 3 rings (SSSR count). The van der Waals surface area contributed by atoms with E-state index in [1.165, 1.54) is 16.7 Å². The van der Waals surface area contributed by atoms with Crippen LogP contribution in [0.15, 0.2) is 30.0 Å². The number of carboxylic acids is 1. The Kier molecular flexibility index (Phi) is 4.43. The summed E-state index contributed by atoms with van der Waals surface area (Å²) >= 11 is 1.32. The summed E-state index contributed by atoms with van der Waals surface area (Å²) in [6, 6.07) is 7.70. The normalized spacial score (nSPS) is 24.2. The smallest absolute Gasteiger partial charge is 0.236 e. The van der Waals surface area contributed by atoms with E-state index in [-0.39, 0.29) is 17.0 Å². The van der Waals surface area contributed by atoms with Gasteiger partial charge in [0.05, 0.1) is 44.8 Å². The Balaban J connectivity index is 1.98. The Morgan fingerprint density at radius 2 is 2.08 bits per heavy atom. The SMILES string of the molecule is C[C@@H](O)[C@H]1C(=O)N2C(C(=O)[O-])=C(c3cccc(C[N+](C)(C)C)c3)S[C@H]12. The van der Waals surface area contributed by atoms with Crippen LogP contribution in [0.2, 0.25) is 0 Å². The van der Waals surface area contributed by atoms with Gasteiger partial charge < -0.3 is 19.5 Å². The van der Waals surface area contributed by atoms with Crippen molar-refractivity contribution in [1.82, 2.24) is 4.90 Å². The molecule has 0 radical (unpaired) electrons. The van der Waals surface area contributed by atoms with Crippen molar-refractivity contribution in [2.45, 2.75) is 24.9 Å². The van der Waals surface area contributed by atoms with E-state index in [4.69, 9.17) is 0 Å². The molecule has 2 heterocycles. The highest BCUT2D eigenvalue weighted by Crippen LogP contribution is 2.53. The van der Waals surface area contributed by atoms with Gasteiger partial charge in [0, 0.05) is 10.5 Å². The molecule has 1 N–H and O–H groups in total. The number of β-lactam (4-membered cyclic amide) rings is 1. The Bertz CT molecular complexity index is 767. The molecule has 0 spiro atoms. The van der Waals surface area contributed by atoms with Gasteiger partial charge in [0.1, 0.15) is 11.9 Å². The van der Waals surface area contributed by atoms with Crippen LogP contribution in [0.25, 0.3) is 4.91 Å². The number of thioether (sulfide) groups is 1. The lowest BCUT2D eigenvalue weighted by Gasteiger charge is -2.44. The third-order valence-electron chi connectivity index (χ3n) is 4.34. The maximum absolute atomic E-state index is 12.3. The number of amides is 1. The van der Waals surface area contributed by atoms with Gasteiger partial charge in [-0.3, -0.25) is 9.69 Å². The number of fused-ring (bicyclic) bond motifs is 1. The van der Waals surface area contributed by atoms with Gasteiger partial charge in [-0.15, -0.1) is 0 Å². The van der Waals surface area contributed by atoms with Gasteiger partial charge in [-0.25, -0.2) is 0 Å². The lowest BCUT2D eigenvalue weighted by molar-refractivity contribution is -0.884. The first-order chi connectivity index (χ1) is 11.6. The topological polar surface area (TPSA) is 80.7 Å². The van der Waals surface area contributed by atoms with Crippen LogP contribution in [-0.4, -0.2) is 59.0 Å². The van der Waals surface area contributed by atoms with Crippen molar-refractivity contribution < 1.29 is 24.3 Å². The maximum atomic E-state index is 12.3. The van der Waals surface area contributed by atoms with Gasteiger partial charge in [0.15, 0.2) is 0 Å². The predicted molar refractivity (Wildman–Crippen MR) is 93.5 cm³/mol. The van der Waals surface area contributed by atoms with Crippen LogP contribution in [0, 0.1) is 5.92 Å². The summed E-state index contributed by atoms with van der Waals surface area (Å²) in [5, 5.41) is 21.1. The number of carbonyl (C=O) groups is 2. The number of rotatable bonds is 5. The number of quaternary nitrogens is 1. The molecule has 3 atom stereocenters. The van der Waals surface area contributed by atoms with Crippen molar-refractivity contribution in [1.29, 1.82) is 0 Å². The zero-order valence-electron chi connectivity index (χ0n) is 14.7. The molecule has 0 bridgehead atoms. The minimum atomic E-state index is -1.36. The van der Waals surface area contributed by atoms with E-state index in [1.54, 1.807) is 6.92 Å². The highest BCUT2D eigenvalue weighted by molar-refractivity contribution is 8.09. The van der Waals surface area contributed by atoms with E-state index in [0.29, 0.717) is 4.91 Å². The first-order valence-corrected chi connectivity index (χ1v) is 9.01. The van der Waals surface area contributed by atoms with Crippen LogP contribution in [0.4, 0.5) is 0 Å². The van der Waals surface area contributed by atoms with Gasteiger partial charge in [-0.2, -0.15) is 0 Å². The van der Waals surface area contributed by atoms with Crippen LogP contribution in [0.5, 0.6) is 0 Å². The lowest BCUT2D eigenvalue weighted by Crippen LogP contribution is -2.61. The molecule has 0 aliphatic carbocycles. The molecular formula is C18H22N2O4S. The molecule has 0 unspecified atom stereocenters. The molecule has 7 heteroatoms. The molecule has 6 nitrogen and oxygen atoms in total. The minimum absolute atomic E-state index is 0.0840. The molecule has 2 aliphatic rings. The van der Waals surface area contributed by atoms with Crippen LogP contribution in [-0.2, 0) is 16.1 Å². The van der Waals surface area contributed by atoms with Crippen LogP contribution in [0.1, 0.15) is 18.1 Å². The summed E-state index contributed by atoms with van der Waals surface area (Å²) in [5.41, 5.74) is 1.77. The van der Waals surface area contributed by atoms with Gasteiger partial charge in [-0.05, 0) is 18.6 Å². The number of benzene rings is 1. The summed E-state index contributed by atoms with van der Waals surface area (Å²) < 4.78 is 0.750. The van der Waals surface area contributed by atoms with E-state index in [1.807, 2.05) is 24.3 Å². The summed E-state index contributed by atoms with van der Waals surface area (Å²) in [6.45, 7) is 2.35. The van der Waals surface area contributed by atoms with E-state index in [9.17, 15) is 19.8 Å². The minimum Gasteiger partial charge on any atom is -0.543 e. The number of hydrogen-bond acceptors (Lipinski definition) is 5. The molecule has 1 aromatic carbocycles. The van der Waals surface area contributed by atoms with Crippen molar-refractivity contribution in [3.63, 3.8) is 0 Å². The number of aliphatic hydroxyl groups is 1. The monoisotopic (exact) mass is 362 g/mol.